The Balaban J connectivity index is 1.63. The molecule has 0 saturated carbocycles. The van der Waals surface area contributed by atoms with Crippen LogP contribution >= 0.6 is 0 Å². The topological polar surface area (TPSA) is 99.6 Å². The maximum atomic E-state index is 12.4. The molecule has 2 aromatic heterocycles. The molecule has 0 unspecified atom stereocenters. The molecule has 0 bridgehead atoms. The molecular formula is C16H13N3O4. The number of ether oxygens (including phenoxy) is 2. The third kappa shape index (κ3) is 2.32. The highest BCUT2D eigenvalue weighted by Crippen LogP contribution is 2.33. The lowest BCUT2D eigenvalue weighted by atomic mass is 10.2. The van der Waals surface area contributed by atoms with Gasteiger partial charge >= 0.3 is 0 Å². The fraction of sp³-hybridized carbons (Fsp3) is 0.125. The predicted octanol–water partition coefficient (Wildman–Crippen LogP) is 2.43. The largest absolute Gasteiger partial charge is 0.486 e. The number of hydrogen-bond acceptors (Lipinski definition) is 6. The minimum Gasteiger partial charge on any atom is -0.486 e. The summed E-state index contributed by atoms with van der Waals surface area (Å²) in [6.45, 7) is 0.994. The smallest absolute Gasteiger partial charge is 0.293 e. The van der Waals surface area contributed by atoms with E-state index in [1.807, 2.05) is 0 Å². The first kappa shape index (κ1) is 13.4. The van der Waals surface area contributed by atoms with Crippen molar-refractivity contribution in [2.45, 2.75) is 0 Å². The van der Waals surface area contributed by atoms with Gasteiger partial charge in [0.15, 0.2) is 17.1 Å². The van der Waals surface area contributed by atoms with Gasteiger partial charge in [-0.1, -0.05) is 0 Å². The Morgan fingerprint density at radius 3 is 2.83 bits per heavy atom. The number of carbonyl (C=O) groups is 1. The fourth-order valence-electron chi connectivity index (χ4n) is 2.43. The molecule has 23 heavy (non-hydrogen) atoms. The molecule has 3 aromatic rings. The van der Waals surface area contributed by atoms with Crippen molar-refractivity contribution in [3.8, 4) is 11.5 Å². The molecule has 4 rings (SSSR count). The molecule has 1 aromatic carbocycles. The van der Waals surface area contributed by atoms with Crippen molar-refractivity contribution in [1.29, 1.82) is 0 Å². The third-order valence-electron chi connectivity index (χ3n) is 3.49. The molecular weight excluding hydrogens is 298 g/mol. The van der Waals surface area contributed by atoms with Crippen LogP contribution in [0.3, 0.4) is 0 Å². The van der Waals surface area contributed by atoms with Crippen LogP contribution < -0.4 is 20.5 Å². The van der Waals surface area contributed by atoms with Crippen molar-refractivity contribution >= 4 is 28.4 Å². The first-order chi connectivity index (χ1) is 11.2. The molecule has 1 aliphatic heterocycles. The first-order valence-electron chi connectivity index (χ1n) is 7.06. The van der Waals surface area contributed by atoms with E-state index in [2.05, 4.69) is 10.3 Å². The van der Waals surface area contributed by atoms with Crippen LogP contribution in [-0.2, 0) is 0 Å². The number of nitrogens with one attached hydrogen (secondary N) is 1. The lowest BCUT2D eigenvalue weighted by Crippen LogP contribution is -2.16. The quantitative estimate of drug-likeness (QED) is 0.754. The number of fused-ring (bicyclic) bond motifs is 2. The molecule has 0 radical (unpaired) electrons. The molecule has 0 spiro atoms. The van der Waals surface area contributed by atoms with Gasteiger partial charge in [-0.3, -0.25) is 9.78 Å². The maximum Gasteiger partial charge on any atom is 0.293 e. The van der Waals surface area contributed by atoms with Crippen molar-refractivity contribution in [2.24, 2.45) is 0 Å². The number of carbonyl (C=O) groups excluding carboxylic acids is 1. The highest BCUT2D eigenvalue weighted by molar-refractivity contribution is 6.10. The van der Waals surface area contributed by atoms with Crippen LogP contribution in [0.15, 0.2) is 40.9 Å². The molecule has 1 aliphatic rings. The standard InChI is InChI=1S/C16H13N3O4/c17-13-14-11(2-1-5-18-14)23-15(13)16(20)19-9-3-4-10-12(8-9)22-7-6-21-10/h1-5,8H,6-7,17H2,(H,19,20). The summed E-state index contributed by atoms with van der Waals surface area (Å²) < 4.78 is 16.4. The van der Waals surface area contributed by atoms with Gasteiger partial charge in [0.1, 0.15) is 24.4 Å². The van der Waals surface area contributed by atoms with Crippen LogP contribution in [0.2, 0.25) is 0 Å². The first-order valence-corrected chi connectivity index (χ1v) is 7.06. The van der Waals surface area contributed by atoms with Crippen molar-refractivity contribution in [2.75, 3.05) is 24.3 Å². The van der Waals surface area contributed by atoms with Gasteiger partial charge in [-0.05, 0) is 24.3 Å². The van der Waals surface area contributed by atoms with Gasteiger partial charge in [0, 0.05) is 18.0 Å². The van der Waals surface area contributed by atoms with Crippen molar-refractivity contribution < 1.29 is 18.7 Å². The Labute approximate surface area is 131 Å². The Bertz CT molecular complexity index is 903. The normalized spacial score (nSPS) is 13.0. The number of pyridine rings is 1. The molecule has 3 heterocycles. The Morgan fingerprint density at radius 1 is 1.17 bits per heavy atom. The number of aromatic nitrogens is 1. The summed E-state index contributed by atoms with van der Waals surface area (Å²) in [5.41, 5.74) is 7.66. The van der Waals surface area contributed by atoms with Crippen molar-refractivity contribution in [1.82, 2.24) is 4.98 Å². The Kier molecular flexibility index (Phi) is 3.04. The van der Waals surface area contributed by atoms with Gasteiger partial charge in [-0.2, -0.15) is 0 Å². The minimum absolute atomic E-state index is 0.0357. The number of nitrogen functional groups attached to an aromatic ring is 1. The fourth-order valence-corrected chi connectivity index (χ4v) is 2.43. The monoisotopic (exact) mass is 311 g/mol. The van der Waals surface area contributed by atoms with Crippen LogP contribution in [0.4, 0.5) is 11.4 Å². The number of anilines is 2. The van der Waals surface area contributed by atoms with E-state index in [0.717, 1.165) is 0 Å². The van der Waals surface area contributed by atoms with Gasteiger partial charge in [0.2, 0.25) is 5.76 Å². The maximum absolute atomic E-state index is 12.4. The molecule has 0 fully saturated rings. The van der Waals surface area contributed by atoms with E-state index in [9.17, 15) is 4.79 Å². The molecule has 0 saturated heterocycles. The van der Waals surface area contributed by atoms with Crippen molar-refractivity contribution in [3.63, 3.8) is 0 Å². The van der Waals surface area contributed by atoms with E-state index in [0.29, 0.717) is 41.5 Å². The number of nitrogens with two attached hydrogens (primary N) is 1. The molecule has 3 N–H and O–H groups in total. The summed E-state index contributed by atoms with van der Waals surface area (Å²) in [7, 11) is 0. The number of benzene rings is 1. The number of furan rings is 1. The van der Waals surface area contributed by atoms with Gasteiger partial charge < -0.3 is 24.9 Å². The number of hydrogen-bond donors (Lipinski definition) is 2. The minimum atomic E-state index is -0.447. The van der Waals surface area contributed by atoms with E-state index < -0.39 is 5.91 Å². The molecule has 7 nitrogen and oxygen atoms in total. The van der Waals surface area contributed by atoms with Gasteiger partial charge in [-0.25, -0.2) is 0 Å². The van der Waals surface area contributed by atoms with Crippen LogP contribution in [-0.4, -0.2) is 24.1 Å². The molecule has 116 valence electrons. The molecule has 0 aliphatic carbocycles. The zero-order valence-electron chi connectivity index (χ0n) is 12.0. The average Bonchev–Trinajstić information content (AvgIpc) is 2.92. The van der Waals surface area contributed by atoms with Gasteiger partial charge in [-0.15, -0.1) is 0 Å². The number of amides is 1. The van der Waals surface area contributed by atoms with E-state index in [1.54, 1.807) is 36.5 Å². The molecule has 1 amide bonds. The Hall–Kier alpha value is -3.22. The highest BCUT2D eigenvalue weighted by Gasteiger charge is 2.20. The highest BCUT2D eigenvalue weighted by atomic mass is 16.6. The van der Waals surface area contributed by atoms with E-state index in [1.165, 1.54) is 0 Å². The lowest BCUT2D eigenvalue weighted by molar-refractivity contribution is 0.0999. The van der Waals surface area contributed by atoms with Crippen LogP contribution in [0.5, 0.6) is 11.5 Å². The molecule has 0 atom stereocenters. The van der Waals surface area contributed by atoms with E-state index in [-0.39, 0.29) is 11.4 Å². The van der Waals surface area contributed by atoms with Crippen LogP contribution in [0.25, 0.3) is 11.1 Å². The Morgan fingerprint density at radius 2 is 2.00 bits per heavy atom. The van der Waals surface area contributed by atoms with Gasteiger partial charge in [0.25, 0.3) is 5.91 Å². The van der Waals surface area contributed by atoms with E-state index in [4.69, 9.17) is 19.6 Å². The lowest BCUT2D eigenvalue weighted by Gasteiger charge is -2.18. The summed E-state index contributed by atoms with van der Waals surface area (Å²) in [6.07, 6.45) is 1.59. The zero-order chi connectivity index (χ0) is 15.8. The third-order valence-corrected chi connectivity index (χ3v) is 3.49. The SMILES string of the molecule is Nc1c(C(=O)Nc2ccc3c(c2)OCCO3)oc2cccnc12. The van der Waals surface area contributed by atoms with Crippen LogP contribution in [0, 0.1) is 0 Å². The molecule has 7 heteroatoms. The summed E-state index contributed by atoms with van der Waals surface area (Å²) in [5.74, 6) is 0.834. The number of nitrogens with zero attached hydrogens (tertiary/aromatic N) is 1. The predicted molar refractivity (Wildman–Crippen MR) is 83.8 cm³/mol. The summed E-state index contributed by atoms with van der Waals surface area (Å²) in [4.78, 5) is 16.5. The van der Waals surface area contributed by atoms with Crippen molar-refractivity contribution in [3.05, 3.63) is 42.3 Å². The summed E-state index contributed by atoms with van der Waals surface area (Å²) >= 11 is 0. The second kappa shape index (κ2) is 5.20. The zero-order valence-corrected chi connectivity index (χ0v) is 12.0. The number of rotatable bonds is 2. The van der Waals surface area contributed by atoms with E-state index >= 15 is 0 Å². The van der Waals surface area contributed by atoms with Gasteiger partial charge in [0.05, 0.1) is 0 Å². The second-order valence-electron chi connectivity index (χ2n) is 5.01. The average molecular weight is 311 g/mol. The second-order valence-corrected chi connectivity index (χ2v) is 5.01. The summed E-state index contributed by atoms with van der Waals surface area (Å²) in [5, 5.41) is 2.73. The van der Waals surface area contributed by atoms with Crippen LogP contribution in [0.1, 0.15) is 10.6 Å². The summed E-state index contributed by atoms with van der Waals surface area (Å²) in [6, 6.07) is 8.59.